The third-order valence-electron chi connectivity index (χ3n) is 2.35. The molecule has 0 aliphatic carbocycles. The lowest BCUT2D eigenvalue weighted by molar-refractivity contribution is -0.119. The van der Waals surface area contributed by atoms with Crippen molar-refractivity contribution >= 4 is 28.9 Å². The zero-order valence-electron chi connectivity index (χ0n) is 9.93. The summed E-state index contributed by atoms with van der Waals surface area (Å²) in [5.74, 6) is 0.567. The summed E-state index contributed by atoms with van der Waals surface area (Å²) in [5.41, 5.74) is 6.32. The third-order valence-corrected chi connectivity index (χ3v) is 2.57. The quantitative estimate of drug-likeness (QED) is 0.737. The Morgan fingerprint density at radius 2 is 2.35 bits per heavy atom. The van der Waals surface area contributed by atoms with Gasteiger partial charge in [0.1, 0.15) is 10.8 Å². The number of amides is 1. The van der Waals surface area contributed by atoms with Crippen LogP contribution in [0.4, 0.5) is 5.82 Å². The minimum absolute atomic E-state index is 0.0774. The van der Waals surface area contributed by atoms with Crippen molar-refractivity contribution in [3.63, 3.8) is 0 Å². The second kappa shape index (κ2) is 6.15. The van der Waals surface area contributed by atoms with E-state index in [4.69, 9.17) is 18.0 Å². The molecule has 1 aromatic rings. The van der Waals surface area contributed by atoms with Gasteiger partial charge < -0.3 is 16.0 Å². The number of hydrogen-bond acceptors (Lipinski definition) is 4. The van der Waals surface area contributed by atoms with E-state index in [1.165, 1.54) is 0 Å². The molecule has 3 N–H and O–H groups in total. The minimum atomic E-state index is -0.0774. The topological polar surface area (TPSA) is 71.2 Å². The van der Waals surface area contributed by atoms with Crippen LogP contribution in [0, 0.1) is 0 Å². The molecule has 0 fully saturated rings. The van der Waals surface area contributed by atoms with E-state index in [-0.39, 0.29) is 17.4 Å². The van der Waals surface area contributed by atoms with Gasteiger partial charge in [0.2, 0.25) is 5.91 Å². The van der Waals surface area contributed by atoms with E-state index in [0.717, 1.165) is 0 Å². The zero-order chi connectivity index (χ0) is 12.8. The summed E-state index contributed by atoms with van der Waals surface area (Å²) in [6.45, 7) is 2.83. The highest BCUT2D eigenvalue weighted by Crippen LogP contribution is 2.16. The van der Waals surface area contributed by atoms with Gasteiger partial charge in [-0.2, -0.15) is 0 Å². The van der Waals surface area contributed by atoms with Gasteiger partial charge in [0, 0.05) is 19.8 Å². The molecule has 0 spiro atoms. The van der Waals surface area contributed by atoms with Crippen LogP contribution >= 0.6 is 12.2 Å². The molecule has 0 unspecified atom stereocenters. The molecule has 6 heteroatoms. The van der Waals surface area contributed by atoms with Crippen LogP contribution in [0.3, 0.4) is 0 Å². The van der Waals surface area contributed by atoms with Gasteiger partial charge >= 0.3 is 0 Å². The number of nitrogens with zero attached hydrogens (tertiary/aromatic N) is 2. The maximum atomic E-state index is 11.4. The van der Waals surface area contributed by atoms with Crippen LogP contribution in [0.15, 0.2) is 18.3 Å². The highest BCUT2D eigenvalue weighted by atomic mass is 32.1. The van der Waals surface area contributed by atoms with Gasteiger partial charge in [-0.15, -0.1) is 0 Å². The molecule has 1 aromatic heterocycles. The molecule has 0 saturated heterocycles. The number of anilines is 1. The Morgan fingerprint density at radius 3 is 2.88 bits per heavy atom. The lowest BCUT2D eigenvalue weighted by atomic mass is 10.2. The summed E-state index contributed by atoms with van der Waals surface area (Å²) in [6, 6.07) is 3.57. The van der Waals surface area contributed by atoms with E-state index in [1.54, 1.807) is 25.4 Å². The average molecular weight is 252 g/mol. The van der Waals surface area contributed by atoms with Crippen molar-refractivity contribution in [3.05, 3.63) is 23.9 Å². The Hall–Kier alpha value is -1.69. The normalized spacial score (nSPS) is 9.76. The van der Waals surface area contributed by atoms with E-state index in [1.807, 2.05) is 11.8 Å². The Bertz CT molecular complexity index is 422. The number of carbonyl (C=O) groups is 1. The molecule has 0 aliphatic rings. The number of hydrogen-bond donors (Lipinski definition) is 2. The van der Waals surface area contributed by atoms with Crippen LogP contribution in [0.25, 0.3) is 0 Å². The van der Waals surface area contributed by atoms with Crippen LogP contribution in [-0.4, -0.2) is 36.0 Å². The van der Waals surface area contributed by atoms with Crippen molar-refractivity contribution in [1.82, 2.24) is 10.3 Å². The fourth-order valence-electron chi connectivity index (χ4n) is 1.43. The number of thiocarbonyl (C=S) groups is 1. The maximum Gasteiger partial charge on any atom is 0.239 e. The smallest absolute Gasteiger partial charge is 0.239 e. The van der Waals surface area contributed by atoms with Gasteiger partial charge in [-0.25, -0.2) is 4.98 Å². The lowest BCUT2D eigenvalue weighted by Gasteiger charge is -2.23. The molecule has 0 aliphatic heterocycles. The van der Waals surface area contributed by atoms with Crippen LogP contribution in [0.2, 0.25) is 0 Å². The number of aromatic nitrogens is 1. The monoisotopic (exact) mass is 252 g/mol. The molecule has 92 valence electrons. The fourth-order valence-corrected chi connectivity index (χ4v) is 1.59. The van der Waals surface area contributed by atoms with Crippen LogP contribution in [0.5, 0.6) is 0 Å². The molecule has 0 atom stereocenters. The highest BCUT2D eigenvalue weighted by Gasteiger charge is 2.14. The average Bonchev–Trinajstić information content (AvgIpc) is 2.35. The van der Waals surface area contributed by atoms with Crippen molar-refractivity contribution in [2.45, 2.75) is 6.92 Å². The largest absolute Gasteiger partial charge is 0.389 e. The van der Waals surface area contributed by atoms with Crippen LogP contribution < -0.4 is 16.0 Å². The standard InChI is InChI=1S/C11H16N4OS/c1-3-15(7-9(16)13-2)11-8(10(12)17)5-4-6-14-11/h4-6H,3,7H2,1-2H3,(H2,12,17)(H,13,16). The molecule has 0 saturated carbocycles. The first-order chi connectivity index (χ1) is 8.10. The molecule has 1 rings (SSSR count). The Kier molecular flexibility index (Phi) is 4.84. The van der Waals surface area contributed by atoms with Crippen LogP contribution in [0.1, 0.15) is 12.5 Å². The number of nitrogens with two attached hydrogens (primary N) is 1. The molecule has 17 heavy (non-hydrogen) atoms. The van der Waals surface area contributed by atoms with Crippen molar-refractivity contribution in [1.29, 1.82) is 0 Å². The number of pyridine rings is 1. The van der Waals surface area contributed by atoms with E-state index < -0.39 is 0 Å². The number of likely N-dealkylation sites (N-methyl/N-ethyl adjacent to an activating group) is 2. The maximum absolute atomic E-state index is 11.4. The van der Waals surface area contributed by atoms with Crippen molar-refractivity contribution < 1.29 is 4.79 Å². The molecule has 1 heterocycles. The van der Waals surface area contributed by atoms with Crippen LogP contribution in [-0.2, 0) is 4.79 Å². The SMILES string of the molecule is CCN(CC(=O)NC)c1ncccc1C(N)=S. The predicted octanol–water partition coefficient (Wildman–Crippen LogP) is 0.288. The van der Waals surface area contributed by atoms with Gasteiger partial charge in [0.05, 0.1) is 12.1 Å². The molecule has 0 radical (unpaired) electrons. The number of rotatable bonds is 5. The molecule has 0 aromatic carbocycles. The van der Waals surface area contributed by atoms with Gasteiger partial charge in [-0.05, 0) is 19.1 Å². The van der Waals surface area contributed by atoms with E-state index >= 15 is 0 Å². The predicted molar refractivity (Wildman–Crippen MR) is 72.1 cm³/mol. The van der Waals surface area contributed by atoms with Gasteiger partial charge in [-0.3, -0.25) is 4.79 Å². The summed E-state index contributed by atoms with van der Waals surface area (Å²) < 4.78 is 0. The Morgan fingerprint density at radius 1 is 1.65 bits per heavy atom. The Labute approximate surface area is 106 Å². The molecule has 0 bridgehead atoms. The Balaban J connectivity index is 3.03. The van der Waals surface area contributed by atoms with Crippen molar-refractivity contribution in [2.24, 2.45) is 5.73 Å². The molecular weight excluding hydrogens is 236 g/mol. The summed E-state index contributed by atoms with van der Waals surface area (Å²) in [5, 5.41) is 2.58. The highest BCUT2D eigenvalue weighted by molar-refractivity contribution is 7.80. The summed E-state index contributed by atoms with van der Waals surface area (Å²) in [7, 11) is 1.60. The summed E-state index contributed by atoms with van der Waals surface area (Å²) >= 11 is 4.97. The summed E-state index contributed by atoms with van der Waals surface area (Å²) in [4.78, 5) is 17.7. The van der Waals surface area contributed by atoms with E-state index in [2.05, 4.69) is 10.3 Å². The number of carbonyl (C=O) groups excluding carboxylic acids is 1. The second-order valence-electron chi connectivity index (χ2n) is 3.43. The van der Waals surface area contributed by atoms with E-state index in [9.17, 15) is 4.79 Å². The van der Waals surface area contributed by atoms with Crippen molar-refractivity contribution in [2.75, 3.05) is 25.0 Å². The second-order valence-corrected chi connectivity index (χ2v) is 3.87. The minimum Gasteiger partial charge on any atom is -0.389 e. The summed E-state index contributed by atoms with van der Waals surface area (Å²) in [6.07, 6.45) is 1.66. The molecule has 1 amide bonds. The third kappa shape index (κ3) is 3.39. The molecular formula is C11H16N4OS. The van der Waals surface area contributed by atoms with Gasteiger partial charge in [-0.1, -0.05) is 12.2 Å². The fraction of sp³-hybridized carbons (Fsp3) is 0.364. The molecule has 5 nitrogen and oxygen atoms in total. The van der Waals surface area contributed by atoms with Crippen molar-refractivity contribution in [3.8, 4) is 0 Å². The number of nitrogens with one attached hydrogen (secondary N) is 1. The zero-order valence-corrected chi connectivity index (χ0v) is 10.8. The lowest BCUT2D eigenvalue weighted by Crippen LogP contribution is -2.37. The first-order valence-electron chi connectivity index (χ1n) is 5.30. The first-order valence-corrected chi connectivity index (χ1v) is 5.71. The van der Waals surface area contributed by atoms with Gasteiger partial charge in [0.15, 0.2) is 0 Å². The van der Waals surface area contributed by atoms with Gasteiger partial charge in [0.25, 0.3) is 0 Å². The van der Waals surface area contributed by atoms with E-state index in [0.29, 0.717) is 17.9 Å². The first kappa shape index (κ1) is 13.4.